The number of methoxy groups -OCH3 is 1. The first-order valence-electron chi connectivity index (χ1n) is 9.99. The van der Waals surface area contributed by atoms with Crippen LogP contribution in [0.3, 0.4) is 0 Å². The summed E-state index contributed by atoms with van der Waals surface area (Å²) in [6, 6.07) is 11.7. The van der Waals surface area contributed by atoms with Crippen molar-refractivity contribution in [2.75, 3.05) is 17.3 Å². The van der Waals surface area contributed by atoms with Crippen molar-refractivity contribution in [3.63, 3.8) is 0 Å². The van der Waals surface area contributed by atoms with Crippen LogP contribution in [-0.2, 0) is 9.53 Å². The van der Waals surface area contributed by atoms with Crippen LogP contribution >= 0.6 is 35.4 Å². The Morgan fingerprint density at radius 1 is 1.12 bits per heavy atom. The molecule has 0 saturated carbocycles. The number of anilines is 2. The second-order valence-corrected chi connectivity index (χ2v) is 9.25. The summed E-state index contributed by atoms with van der Waals surface area (Å²) in [6.45, 7) is 5.20. The summed E-state index contributed by atoms with van der Waals surface area (Å²) in [5, 5.41) is 15.6. The molecule has 1 aliphatic heterocycles. The van der Waals surface area contributed by atoms with Crippen molar-refractivity contribution in [3.05, 3.63) is 58.6 Å². The van der Waals surface area contributed by atoms with Crippen LogP contribution in [0.5, 0.6) is 0 Å². The lowest BCUT2D eigenvalue weighted by atomic mass is 9.98. The van der Waals surface area contributed by atoms with Crippen LogP contribution in [-0.4, -0.2) is 57.1 Å². The molecule has 8 nitrogen and oxygen atoms in total. The molecule has 2 amide bonds. The van der Waals surface area contributed by atoms with E-state index in [9.17, 15) is 14.8 Å². The average Bonchev–Trinajstić information content (AvgIpc) is 2.99. The zero-order valence-electron chi connectivity index (χ0n) is 18.5. The van der Waals surface area contributed by atoms with Crippen LogP contribution in [0.25, 0.3) is 0 Å². The van der Waals surface area contributed by atoms with E-state index in [1.807, 2.05) is 0 Å². The first-order valence-corrected chi connectivity index (χ1v) is 11.2. The quantitative estimate of drug-likeness (QED) is 0.253. The van der Waals surface area contributed by atoms with E-state index in [-0.39, 0.29) is 5.11 Å². The number of halogens is 2. The predicted molar refractivity (Wildman–Crippen MR) is 132 cm³/mol. The Morgan fingerprint density at radius 3 is 2.15 bits per heavy atom. The van der Waals surface area contributed by atoms with Crippen LogP contribution in [0.4, 0.5) is 16.2 Å². The number of ether oxygens (including phenoxy) is 1. The number of hydrogen-bond donors (Lipinski definition) is 2. The van der Waals surface area contributed by atoms with E-state index in [0.717, 1.165) is 0 Å². The van der Waals surface area contributed by atoms with Gasteiger partial charge in [0.15, 0.2) is 11.3 Å². The Bertz CT molecular complexity index is 1050. The Labute approximate surface area is 207 Å². The fraction of sp³-hybridized carbons (Fsp3) is 0.318. The Morgan fingerprint density at radius 2 is 1.64 bits per heavy atom. The standard InChI is InChI=1S/C22H24Cl2N4O4S/c1-13(18(29)32-4)27-21(33)26(17-11-7-15(24)8-12-17)19(22(27,2)3)28(31)20(30)25-16-9-5-14(23)6-10-16/h5-13,19,31H,1-4H3,(H,25,30)/t13-,19-/m1/s1. The van der Waals surface area contributed by atoms with Crippen molar-refractivity contribution in [2.45, 2.75) is 38.5 Å². The third kappa shape index (κ3) is 4.86. The maximum Gasteiger partial charge on any atom is 0.347 e. The summed E-state index contributed by atoms with van der Waals surface area (Å²) in [6.07, 6.45) is -0.995. The SMILES string of the molecule is COC(=O)[C@@H](C)N1C(=S)N(c2ccc(Cl)cc2)[C@H](N(O)C(=O)Nc2ccc(Cl)cc2)C1(C)C. The molecular weight excluding hydrogens is 487 g/mol. The number of benzene rings is 2. The molecular formula is C22H24Cl2N4O4S. The molecule has 176 valence electrons. The first kappa shape index (κ1) is 25.0. The fourth-order valence-corrected chi connectivity index (χ4v) is 4.79. The maximum absolute atomic E-state index is 13.0. The molecule has 1 aliphatic rings. The van der Waals surface area contributed by atoms with Gasteiger partial charge in [0.2, 0.25) is 0 Å². The molecule has 3 rings (SSSR count). The van der Waals surface area contributed by atoms with Gasteiger partial charge in [-0.25, -0.2) is 9.59 Å². The van der Waals surface area contributed by atoms with Gasteiger partial charge in [-0.1, -0.05) is 23.2 Å². The Balaban J connectivity index is 2.02. The number of nitrogens with one attached hydrogen (secondary N) is 1. The van der Waals surface area contributed by atoms with E-state index >= 15 is 0 Å². The summed E-state index contributed by atoms with van der Waals surface area (Å²) >= 11 is 17.7. The molecule has 1 heterocycles. The highest BCUT2D eigenvalue weighted by molar-refractivity contribution is 7.80. The van der Waals surface area contributed by atoms with E-state index in [2.05, 4.69) is 5.32 Å². The highest BCUT2D eigenvalue weighted by atomic mass is 35.5. The normalized spacial score (nSPS) is 18.2. The molecule has 0 aromatic heterocycles. The molecule has 2 aromatic carbocycles. The maximum atomic E-state index is 13.0. The molecule has 11 heteroatoms. The number of carbonyl (C=O) groups is 2. The summed E-state index contributed by atoms with van der Waals surface area (Å²) in [7, 11) is 1.29. The molecule has 0 aliphatic carbocycles. The second kappa shape index (κ2) is 9.72. The molecule has 2 N–H and O–H groups in total. The van der Waals surface area contributed by atoms with Gasteiger partial charge in [-0.2, -0.15) is 5.06 Å². The van der Waals surface area contributed by atoms with E-state index in [1.54, 1.807) is 79.1 Å². The molecule has 0 spiro atoms. The smallest absolute Gasteiger partial charge is 0.347 e. The second-order valence-electron chi connectivity index (χ2n) is 8.01. The van der Waals surface area contributed by atoms with Gasteiger partial charge in [0.05, 0.1) is 12.6 Å². The number of carbonyl (C=O) groups excluding carboxylic acids is 2. The zero-order chi connectivity index (χ0) is 24.5. The molecule has 0 unspecified atom stereocenters. The Kier molecular flexibility index (Phi) is 7.38. The summed E-state index contributed by atoms with van der Waals surface area (Å²) in [4.78, 5) is 28.6. The number of nitrogens with zero attached hydrogens (tertiary/aromatic N) is 3. The van der Waals surface area contributed by atoms with Crippen molar-refractivity contribution in [3.8, 4) is 0 Å². The van der Waals surface area contributed by atoms with E-state index in [1.165, 1.54) is 7.11 Å². The Hall–Kier alpha value is -2.59. The zero-order valence-corrected chi connectivity index (χ0v) is 20.8. The van der Waals surface area contributed by atoms with Crippen LogP contribution < -0.4 is 10.2 Å². The van der Waals surface area contributed by atoms with Gasteiger partial charge >= 0.3 is 12.0 Å². The summed E-state index contributed by atoms with van der Waals surface area (Å²) in [5.74, 6) is -0.503. The first-order chi connectivity index (χ1) is 15.5. The molecule has 0 bridgehead atoms. The third-order valence-corrected chi connectivity index (χ3v) is 6.38. The molecule has 2 aromatic rings. The average molecular weight is 511 g/mol. The highest BCUT2D eigenvalue weighted by Gasteiger charge is 2.56. The van der Waals surface area contributed by atoms with Crippen molar-refractivity contribution >= 4 is 63.9 Å². The van der Waals surface area contributed by atoms with Crippen LogP contribution in [0, 0.1) is 0 Å². The van der Waals surface area contributed by atoms with E-state index < -0.39 is 29.7 Å². The monoisotopic (exact) mass is 510 g/mol. The fourth-order valence-electron chi connectivity index (χ4n) is 3.94. The van der Waals surface area contributed by atoms with Crippen LogP contribution in [0.1, 0.15) is 20.8 Å². The third-order valence-electron chi connectivity index (χ3n) is 5.48. The summed E-state index contributed by atoms with van der Waals surface area (Å²) in [5.41, 5.74) is 0.0243. The number of amides is 2. The minimum absolute atomic E-state index is 0.239. The molecule has 1 fully saturated rings. The molecule has 33 heavy (non-hydrogen) atoms. The van der Waals surface area contributed by atoms with Crippen molar-refractivity contribution in [1.29, 1.82) is 0 Å². The van der Waals surface area contributed by atoms with E-state index in [4.69, 9.17) is 40.2 Å². The van der Waals surface area contributed by atoms with Gasteiger partial charge in [-0.3, -0.25) is 10.1 Å². The lowest BCUT2D eigenvalue weighted by Crippen LogP contribution is -2.59. The lowest BCUT2D eigenvalue weighted by Gasteiger charge is -2.40. The molecule has 2 atom stereocenters. The highest BCUT2D eigenvalue weighted by Crippen LogP contribution is 2.40. The van der Waals surface area contributed by atoms with Gasteiger partial charge in [-0.15, -0.1) is 0 Å². The number of esters is 1. The van der Waals surface area contributed by atoms with Gasteiger partial charge in [-0.05, 0) is 81.5 Å². The minimum Gasteiger partial charge on any atom is -0.467 e. The van der Waals surface area contributed by atoms with Crippen molar-refractivity contribution in [1.82, 2.24) is 9.96 Å². The largest absolute Gasteiger partial charge is 0.467 e. The number of hydrogen-bond acceptors (Lipinski definition) is 5. The molecule has 1 saturated heterocycles. The van der Waals surface area contributed by atoms with Gasteiger partial charge in [0, 0.05) is 21.4 Å². The lowest BCUT2D eigenvalue weighted by molar-refractivity contribution is -0.148. The number of urea groups is 1. The van der Waals surface area contributed by atoms with Gasteiger partial charge in [0.25, 0.3) is 0 Å². The molecule has 0 radical (unpaired) electrons. The predicted octanol–water partition coefficient (Wildman–Crippen LogP) is 4.99. The summed E-state index contributed by atoms with van der Waals surface area (Å²) < 4.78 is 4.91. The van der Waals surface area contributed by atoms with Crippen molar-refractivity contribution in [2.24, 2.45) is 0 Å². The number of thiocarbonyl (C=S) groups is 1. The van der Waals surface area contributed by atoms with Crippen LogP contribution in [0.15, 0.2) is 48.5 Å². The van der Waals surface area contributed by atoms with Crippen molar-refractivity contribution < 1.29 is 19.5 Å². The number of hydroxylamine groups is 2. The number of rotatable bonds is 5. The topological polar surface area (TPSA) is 85.3 Å². The minimum atomic E-state index is -1.00. The van der Waals surface area contributed by atoms with Crippen LogP contribution in [0.2, 0.25) is 10.0 Å². The van der Waals surface area contributed by atoms with E-state index in [0.29, 0.717) is 26.5 Å². The van der Waals surface area contributed by atoms with Gasteiger partial charge in [0.1, 0.15) is 6.04 Å². The van der Waals surface area contributed by atoms with Gasteiger partial charge < -0.3 is 15.0 Å².